The van der Waals surface area contributed by atoms with Crippen molar-refractivity contribution in [1.29, 1.82) is 0 Å². The third-order valence-electron chi connectivity index (χ3n) is 2.49. The van der Waals surface area contributed by atoms with Crippen molar-refractivity contribution in [2.24, 2.45) is 0 Å². The second-order valence-electron chi connectivity index (χ2n) is 4.09. The first kappa shape index (κ1) is 13.5. The quantitative estimate of drug-likeness (QED) is 0.677. The predicted molar refractivity (Wildman–Crippen MR) is 67.2 cm³/mol. The second kappa shape index (κ2) is 6.91. The van der Waals surface area contributed by atoms with Crippen molar-refractivity contribution in [3.8, 4) is 0 Å². The molecule has 4 nitrogen and oxygen atoms in total. The third-order valence-corrected chi connectivity index (χ3v) is 2.49. The molecule has 0 aliphatic carbocycles. The van der Waals surface area contributed by atoms with Gasteiger partial charge in [0.1, 0.15) is 6.54 Å². The van der Waals surface area contributed by atoms with Gasteiger partial charge in [-0.05, 0) is 30.5 Å². The van der Waals surface area contributed by atoms with E-state index >= 15 is 0 Å². The van der Waals surface area contributed by atoms with Gasteiger partial charge in [-0.15, -0.1) is 0 Å². The number of hydrogen-bond acceptors (Lipinski definition) is 3. The maximum Gasteiger partial charge on any atom is 0.322 e. The van der Waals surface area contributed by atoms with Gasteiger partial charge in [0.2, 0.25) is 0 Å². The van der Waals surface area contributed by atoms with Crippen molar-refractivity contribution >= 4 is 11.7 Å². The van der Waals surface area contributed by atoms with Crippen LogP contribution in [0.4, 0.5) is 5.69 Å². The van der Waals surface area contributed by atoms with Gasteiger partial charge in [-0.25, -0.2) is 0 Å². The van der Waals surface area contributed by atoms with Gasteiger partial charge in [-0.2, -0.15) is 0 Å². The van der Waals surface area contributed by atoms with Crippen molar-refractivity contribution < 1.29 is 15.0 Å². The molecule has 1 atom stereocenters. The molecular formula is C13H19NO3. The second-order valence-corrected chi connectivity index (χ2v) is 4.09. The fraction of sp³-hybridized carbons (Fsp3) is 0.462. The number of aliphatic carboxylic acids is 1. The van der Waals surface area contributed by atoms with Crippen LogP contribution in [0, 0.1) is 0 Å². The fourth-order valence-corrected chi connectivity index (χ4v) is 1.64. The van der Waals surface area contributed by atoms with E-state index in [1.807, 2.05) is 31.2 Å². The standard InChI is InChI=1S/C13H19NO3/c1-2-3-12(15)8-10-4-6-11(7-5-10)14-9-13(16)17/h4-7,12,14-15H,2-3,8-9H2,1H3,(H,16,17). The molecule has 0 heterocycles. The number of aliphatic hydroxyl groups is 1. The van der Waals surface area contributed by atoms with Crippen molar-refractivity contribution in [1.82, 2.24) is 0 Å². The Kier molecular flexibility index (Phi) is 5.49. The number of carboxylic acid groups (broad SMARTS) is 1. The predicted octanol–water partition coefficient (Wildman–Crippen LogP) is 1.89. The van der Waals surface area contributed by atoms with Crippen LogP contribution in [0.15, 0.2) is 24.3 Å². The lowest BCUT2D eigenvalue weighted by molar-refractivity contribution is -0.134. The molecule has 4 heteroatoms. The van der Waals surface area contributed by atoms with Crippen molar-refractivity contribution in [2.75, 3.05) is 11.9 Å². The minimum absolute atomic E-state index is 0.0855. The molecule has 3 N–H and O–H groups in total. The van der Waals surface area contributed by atoms with E-state index in [0.717, 1.165) is 24.1 Å². The molecule has 0 aliphatic heterocycles. The van der Waals surface area contributed by atoms with Gasteiger partial charge in [0.25, 0.3) is 0 Å². The smallest absolute Gasteiger partial charge is 0.322 e. The molecule has 1 aromatic carbocycles. The molecule has 0 radical (unpaired) electrons. The summed E-state index contributed by atoms with van der Waals surface area (Å²) in [5.41, 5.74) is 1.84. The zero-order chi connectivity index (χ0) is 12.7. The average molecular weight is 237 g/mol. The Labute approximate surface area is 101 Å². The average Bonchev–Trinajstić information content (AvgIpc) is 2.28. The first-order valence-corrected chi connectivity index (χ1v) is 5.84. The van der Waals surface area contributed by atoms with Crippen LogP contribution in [0.1, 0.15) is 25.3 Å². The molecule has 0 spiro atoms. The highest BCUT2D eigenvalue weighted by molar-refractivity contribution is 5.72. The number of hydrogen-bond donors (Lipinski definition) is 3. The molecule has 94 valence electrons. The maximum atomic E-state index is 10.4. The van der Waals surface area contributed by atoms with E-state index in [1.54, 1.807) is 0 Å². The normalized spacial score (nSPS) is 12.1. The Bertz CT molecular complexity index is 348. The Morgan fingerprint density at radius 2 is 2.00 bits per heavy atom. The summed E-state index contributed by atoms with van der Waals surface area (Å²) in [6, 6.07) is 7.47. The minimum Gasteiger partial charge on any atom is -0.480 e. The van der Waals surface area contributed by atoms with Crippen molar-refractivity contribution in [2.45, 2.75) is 32.3 Å². The van der Waals surface area contributed by atoms with Crippen LogP contribution in [0.3, 0.4) is 0 Å². The van der Waals surface area contributed by atoms with E-state index in [9.17, 15) is 9.90 Å². The summed E-state index contributed by atoms with van der Waals surface area (Å²) in [6.07, 6.45) is 2.13. The van der Waals surface area contributed by atoms with Gasteiger partial charge in [-0.1, -0.05) is 25.5 Å². The molecule has 17 heavy (non-hydrogen) atoms. The van der Waals surface area contributed by atoms with Crippen LogP contribution in [-0.4, -0.2) is 28.8 Å². The summed E-state index contributed by atoms with van der Waals surface area (Å²) in [5, 5.41) is 21.0. The highest BCUT2D eigenvalue weighted by Crippen LogP contribution is 2.12. The van der Waals surface area contributed by atoms with E-state index in [0.29, 0.717) is 6.42 Å². The molecule has 0 saturated carbocycles. The van der Waals surface area contributed by atoms with E-state index in [1.165, 1.54) is 0 Å². The van der Waals surface area contributed by atoms with E-state index < -0.39 is 5.97 Å². The van der Waals surface area contributed by atoms with E-state index in [2.05, 4.69) is 5.32 Å². The minimum atomic E-state index is -0.882. The Morgan fingerprint density at radius 3 is 2.53 bits per heavy atom. The van der Waals surface area contributed by atoms with Gasteiger partial charge in [-0.3, -0.25) is 4.79 Å². The number of nitrogens with one attached hydrogen (secondary N) is 1. The maximum absolute atomic E-state index is 10.4. The highest BCUT2D eigenvalue weighted by atomic mass is 16.4. The molecule has 1 rings (SSSR count). The lowest BCUT2D eigenvalue weighted by Crippen LogP contribution is -2.12. The van der Waals surface area contributed by atoms with E-state index in [4.69, 9.17) is 5.11 Å². The molecule has 0 aliphatic rings. The molecule has 0 bridgehead atoms. The lowest BCUT2D eigenvalue weighted by atomic mass is 10.0. The van der Waals surface area contributed by atoms with Crippen LogP contribution in [0.25, 0.3) is 0 Å². The topological polar surface area (TPSA) is 69.6 Å². The summed E-state index contributed by atoms with van der Waals surface area (Å²) in [4.78, 5) is 10.4. The number of carboxylic acids is 1. The van der Waals surface area contributed by atoms with Crippen molar-refractivity contribution in [3.63, 3.8) is 0 Å². The summed E-state index contributed by atoms with van der Waals surface area (Å²) in [6.45, 7) is 1.96. The number of rotatable bonds is 7. The zero-order valence-corrected chi connectivity index (χ0v) is 10.0. The number of anilines is 1. The Morgan fingerprint density at radius 1 is 1.35 bits per heavy atom. The monoisotopic (exact) mass is 237 g/mol. The third kappa shape index (κ3) is 5.36. The van der Waals surface area contributed by atoms with Crippen LogP contribution >= 0.6 is 0 Å². The van der Waals surface area contributed by atoms with Crippen LogP contribution in [0.2, 0.25) is 0 Å². The van der Waals surface area contributed by atoms with Crippen molar-refractivity contribution in [3.05, 3.63) is 29.8 Å². The summed E-state index contributed by atoms with van der Waals surface area (Å²) in [5.74, 6) is -0.882. The highest BCUT2D eigenvalue weighted by Gasteiger charge is 2.04. The molecule has 0 aromatic heterocycles. The zero-order valence-electron chi connectivity index (χ0n) is 10.0. The fourth-order valence-electron chi connectivity index (χ4n) is 1.64. The molecule has 1 unspecified atom stereocenters. The SMILES string of the molecule is CCCC(O)Cc1ccc(NCC(=O)O)cc1. The largest absolute Gasteiger partial charge is 0.480 e. The molecule has 1 aromatic rings. The van der Waals surface area contributed by atoms with Gasteiger partial charge in [0, 0.05) is 5.69 Å². The Balaban J connectivity index is 2.47. The van der Waals surface area contributed by atoms with Crippen LogP contribution in [0.5, 0.6) is 0 Å². The van der Waals surface area contributed by atoms with Gasteiger partial charge < -0.3 is 15.5 Å². The van der Waals surface area contributed by atoms with Gasteiger partial charge in [0.15, 0.2) is 0 Å². The number of benzene rings is 1. The lowest BCUT2D eigenvalue weighted by Gasteiger charge is -2.10. The summed E-state index contributed by atoms with van der Waals surface area (Å²) in [7, 11) is 0. The number of carbonyl (C=O) groups is 1. The van der Waals surface area contributed by atoms with Crippen LogP contribution in [-0.2, 0) is 11.2 Å². The molecule has 0 fully saturated rings. The first-order valence-electron chi connectivity index (χ1n) is 5.84. The summed E-state index contributed by atoms with van der Waals surface area (Å²) < 4.78 is 0. The number of aliphatic hydroxyl groups excluding tert-OH is 1. The van der Waals surface area contributed by atoms with Gasteiger partial charge in [0.05, 0.1) is 6.10 Å². The molecular weight excluding hydrogens is 218 g/mol. The van der Waals surface area contributed by atoms with E-state index in [-0.39, 0.29) is 12.6 Å². The molecule has 0 amide bonds. The van der Waals surface area contributed by atoms with Crippen LogP contribution < -0.4 is 5.32 Å². The van der Waals surface area contributed by atoms with Gasteiger partial charge >= 0.3 is 5.97 Å². The Hall–Kier alpha value is -1.55. The first-order chi connectivity index (χ1) is 8.11. The summed E-state index contributed by atoms with van der Waals surface area (Å²) >= 11 is 0. The molecule has 0 saturated heterocycles.